The van der Waals surface area contributed by atoms with E-state index >= 15 is 0 Å². The van der Waals surface area contributed by atoms with Crippen molar-refractivity contribution in [1.82, 2.24) is 14.8 Å². The van der Waals surface area contributed by atoms with Gasteiger partial charge in [-0.25, -0.2) is 0 Å². The zero-order valence-corrected chi connectivity index (χ0v) is 15.5. The monoisotopic (exact) mass is 362 g/mol. The highest BCUT2D eigenvalue weighted by atomic mass is 35.5. The number of nitrogens with zero attached hydrogens (tertiary/aromatic N) is 2. The lowest BCUT2D eigenvalue weighted by molar-refractivity contribution is -0.132. The van der Waals surface area contributed by atoms with E-state index in [1.165, 1.54) is 12.8 Å². The van der Waals surface area contributed by atoms with E-state index in [9.17, 15) is 4.79 Å². The zero-order chi connectivity index (χ0) is 16.7. The first kappa shape index (κ1) is 18.2. The molecule has 2 aliphatic heterocycles. The number of aromatic nitrogens is 1. The molecular formula is C19H27ClN4O. The fourth-order valence-electron chi connectivity index (χ4n) is 4.37. The van der Waals surface area contributed by atoms with E-state index < -0.39 is 6.04 Å². The lowest BCUT2D eigenvalue weighted by Crippen LogP contribution is -2.48. The molecule has 2 saturated heterocycles. The minimum atomic E-state index is -0.467. The fraction of sp³-hybridized carbons (Fsp3) is 0.526. The number of nitrogens with two attached hydrogens (primary N) is 1. The summed E-state index contributed by atoms with van der Waals surface area (Å²) in [6.45, 7) is 1.67. The maximum Gasteiger partial charge on any atom is 0.239 e. The van der Waals surface area contributed by atoms with Crippen molar-refractivity contribution in [3.8, 4) is 0 Å². The molecule has 1 aromatic heterocycles. The molecule has 4 rings (SSSR count). The van der Waals surface area contributed by atoms with Crippen LogP contribution in [0, 0.1) is 0 Å². The number of hydrogen-bond acceptors (Lipinski definition) is 3. The van der Waals surface area contributed by atoms with E-state index in [0.29, 0.717) is 18.5 Å². The number of amides is 1. The molecule has 3 heterocycles. The first-order valence-corrected chi connectivity index (χ1v) is 8.95. The fourth-order valence-corrected chi connectivity index (χ4v) is 4.37. The Balaban J connectivity index is 0.00000182. The van der Waals surface area contributed by atoms with Crippen LogP contribution in [0.4, 0.5) is 0 Å². The van der Waals surface area contributed by atoms with Gasteiger partial charge in [-0.05, 0) is 44.4 Å². The molecule has 0 saturated carbocycles. The number of fused-ring (bicyclic) bond motifs is 3. The normalized spacial score (nSPS) is 24.8. The summed E-state index contributed by atoms with van der Waals surface area (Å²) < 4.78 is 0. The molecule has 5 nitrogen and oxygen atoms in total. The van der Waals surface area contributed by atoms with Crippen molar-refractivity contribution in [2.24, 2.45) is 5.73 Å². The highest BCUT2D eigenvalue weighted by Crippen LogP contribution is 2.29. The van der Waals surface area contributed by atoms with Crippen LogP contribution in [0.5, 0.6) is 0 Å². The van der Waals surface area contributed by atoms with E-state index in [-0.39, 0.29) is 18.3 Å². The van der Waals surface area contributed by atoms with Crippen LogP contribution in [0.1, 0.15) is 24.8 Å². The Kier molecular flexibility index (Phi) is 5.37. The molecule has 3 N–H and O–H groups in total. The predicted molar refractivity (Wildman–Crippen MR) is 103 cm³/mol. The molecular weight excluding hydrogens is 336 g/mol. The number of halogens is 1. The van der Waals surface area contributed by atoms with Crippen molar-refractivity contribution >= 4 is 29.2 Å². The van der Waals surface area contributed by atoms with Gasteiger partial charge < -0.3 is 15.6 Å². The molecule has 25 heavy (non-hydrogen) atoms. The van der Waals surface area contributed by atoms with E-state index in [0.717, 1.165) is 36.0 Å². The number of para-hydroxylation sites is 1. The molecule has 2 bridgehead atoms. The molecule has 6 heteroatoms. The van der Waals surface area contributed by atoms with Crippen LogP contribution in [0.3, 0.4) is 0 Å². The summed E-state index contributed by atoms with van der Waals surface area (Å²) in [6.07, 6.45) is 6.10. The van der Waals surface area contributed by atoms with E-state index in [4.69, 9.17) is 5.73 Å². The zero-order valence-electron chi connectivity index (χ0n) is 14.6. The van der Waals surface area contributed by atoms with Gasteiger partial charge in [-0.1, -0.05) is 18.2 Å². The second kappa shape index (κ2) is 7.36. The minimum Gasteiger partial charge on any atom is -0.361 e. The summed E-state index contributed by atoms with van der Waals surface area (Å²) >= 11 is 0. The van der Waals surface area contributed by atoms with Crippen molar-refractivity contribution in [3.05, 3.63) is 36.0 Å². The number of likely N-dealkylation sites (tertiary alicyclic amines) is 1. The Morgan fingerprint density at radius 1 is 1.28 bits per heavy atom. The van der Waals surface area contributed by atoms with Gasteiger partial charge in [0.1, 0.15) is 0 Å². The number of benzene rings is 1. The van der Waals surface area contributed by atoms with Gasteiger partial charge in [0, 0.05) is 42.3 Å². The molecule has 3 atom stereocenters. The Morgan fingerprint density at radius 3 is 2.88 bits per heavy atom. The Labute approximate surface area is 154 Å². The average Bonchev–Trinajstić information content (AvgIpc) is 3.08. The molecule has 1 amide bonds. The van der Waals surface area contributed by atoms with Gasteiger partial charge in [0.2, 0.25) is 5.91 Å². The van der Waals surface area contributed by atoms with Crippen molar-refractivity contribution in [1.29, 1.82) is 0 Å². The highest BCUT2D eigenvalue weighted by molar-refractivity contribution is 5.86. The van der Waals surface area contributed by atoms with Crippen LogP contribution in [0.15, 0.2) is 30.5 Å². The van der Waals surface area contributed by atoms with Gasteiger partial charge in [0.15, 0.2) is 0 Å². The lowest BCUT2D eigenvalue weighted by atomic mass is 10.0. The number of likely N-dealkylation sites (N-methyl/N-ethyl adjacent to an activating group) is 1. The van der Waals surface area contributed by atoms with Crippen LogP contribution in [-0.4, -0.2) is 59.0 Å². The van der Waals surface area contributed by atoms with Crippen LogP contribution in [0.2, 0.25) is 0 Å². The Morgan fingerprint density at radius 2 is 2.04 bits per heavy atom. The summed E-state index contributed by atoms with van der Waals surface area (Å²) in [7, 11) is 2.20. The summed E-state index contributed by atoms with van der Waals surface area (Å²) in [5, 5.41) is 1.16. The second-order valence-corrected chi connectivity index (χ2v) is 7.29. The quantitative estimate of drug-likeness (QED) is 0.879. The van der Waals surface area contributed by atoms with E-state index in [2.05, 4.69) is 23.0 Å². The van der Waals surface area contributed by atoms with Crippen LogP contribution in [-0.2, 0) is 11.2 Å². The Bertz CT molecular complexity index is 746. The predicted octanol–water partition coefficient (Wildman–Crippen LogP) is 2.15. The van der Waals surface area contributed by atoms with Gasteiger partial charge in [-0.15, -0.1) is 12.4 Å². The molecule has 2 fully saturated rings. The number of hydrogen-bond donors (Lipinski definition) is 2. The molecule has 0 aliphatic carbocycles. The summed E-state index contributed by atoms with van der Waals surface area (Å²) in [6, 6.07) is 8.84. The number of H-pyrrole nitrogens is 1. The van der Waals surface area contributed by atoms with Gasteiger partial charge in [0.25, 0.3) is 0 Å². The largest absolute Gasteiger partial charge is 0.361 e. The van der Waals surface area contributed by atoms with Gasteiger partial charge in [-0.2, -0.15) is 0 Å². The number of carbonyl (C=O) groups excluding carboxylic acids is 1. The van der Waals surface area contributed by atoms with E-state index in [1.54, 1.807) is 0 Å². The van der Waals surface area contributed by atoms with Crippen molar-refractivity contribution in [2.75, 3.05) is 20.1 Å². The number of nitrogens with one attached hydrogen (secondary N) is 1. The number of carbonyl (C=O) groups is 1. The van der Waals surface area contributed by atoms with Gasteiger partial charge in [-0.3, -0.25) is 9.69 Å². The van der Waals surface area contributed by atoms with Crippen LogP contribution < -0.4 is 5.73 Å². The van der Waals surface area contributed by atoms with E-state index in [1.807, 2.05) is 29.3 Å². The third-order valence-corrected chi connectivity index (χ3v) is 5.89. The summed E-state index contributed by atoms with van der Waals surface area (Å²) in [5.41, 5.74) is 8.52. The Hall–Kier alpha value is -1.56. The van der Waals surface area contributed by atoms with Crippen LogP contribution in [0.25, 0.3) is 10.9 Å². The number of aromatic amines is 1. The van der Waals surface area contributed by atoms with Crippen molar-refractivity contribution in [2.45, 2.75) is 43.8 Å². The average molecular weight is 363 g/mol. The molecule has 0 spiro atoms. The van der Waals surface area contributed by atoms with Gasteiger partial charge >= 0.3 is 0 Å². The summed E-state index contributed by atoms with van der Waals surface area (Å²) in [4.78, 5) is 20.6. The first-order chi connectivity index (χ1) is 11.6. The lowest BCUT2D eigenvalue weighted by Gasteiger charge is -2.28. The second-order valence-electron chi connectivity index (χ2n) is 7.29. The maximum atomic E-state index is 12.9. The third-order valence-electron chi connectivity index (χ3n) is 5.89. The molecule has 136 valence electrons. The molecule has 2 aromatic rings. The van der Waals surface area contributed by atoms with Crippen LogP contribution >= 0.6 is 12.4 Å². The smallest absolute Gasteiger partial charge is 0.239 e. The molecule has 2 aliphatic rings. The molecule has 1 aromatic carbocycles. The number of rotatable bonds is 3. The SMILES string of the molecule is CN1C2CCC1CN(C(=O)[C@@H](N)Cc1c[nH]c3ccccc13)CC2.Cl. The third kappa shape index (κ3) is 3.41. The molecule has 2 unspecified atom stereocenters. The summed E-state index contributed by atoms with van der Waals surface area (Å²) in [5.74, 6) is 0.0984. The van der Waals surface area contributed by atoms with Gasteiger partial charge in [0.05, 0.1) is 6.04 Å². The highest BCUT2D eigenvalue weighted by Gasteiger charge is 2.36. The maximum absolute atomic E-state index is 12.9. The first-order valence-electron chi connectivity index (χ1n) is 8.95. The van der Waals surface area contributed by atoms with Crippen molar-refractivity contribution in [3.63, 3.8) is 0 Å². The van der Waals surface area contributed by atoms with Crippen molar-refractivity contribution < 1.29 is 4.79 Å². The topological polar surface area (TPSA) is 65.4 Å². The minimum absolute atomic E-state index is 0. The standard InChI is InChI=1S/C19H26N4O.ClH/c1-22-14-6-7-15(22)12-23(9-8-14)19(24)17(20)10-13-11-21-18-5-3-2-4-16(13)18;/h2-5,11,14-15,17,21H,6-10,12,20H2,1H3;1H/t14?,15?,17-;/m0./s1. The molecule has 0 radical (unpaired) electrons.